The first-order chi connectivity index (χ1) is 8.26. The lowest BCUT2D eigenvalue weighted by molar-refractivity contribution is 0.921. The van der Waals surface area contributed by atoms with E-state index in [2.05, 4.69) is 18.0 Å². The molecule has 0 aliphatic carbocycles. The van der Waals surface area contributed by atoms with Crippen LogP contribution in [-0.4, -0.2) is 9.55 Å². The van der Waals surface area contributed by atoms with Crippen molar-refractivity contribution < 1.29 is 0 Å². The summed E-state index contributed by atoms with van der Waals surface area (Å²) in [7, 11) is 0. The molecule has 1 aromatic heterocycles. The van der Waals surface area contributed by atoms with Crippen molar-refractivity contribution in [1.29, 1.82) is 5.26 Å². The molecular weight excluding hydrogens is 230 g/mol. The minimum atomic E-state index is 0.444. The van der Waals surface area contributed by atoms with E-state index in [9.17, 15) is 0 Å². The molecule has 0 saturated carbocycles. The fourth-order valence-electron chi connectivity index (χ4n) is 1.80. The van der Waals surface area contributed by atoms with Gasteiger partial charge in [0, 0.05) is 17.6 Å². The molecule has 2 aromatic rings. The predicted octanol–water partition coefficient (Wildman–Crippen LogP) is 3.16. The third-order valence-corrected chi connectivity index (χ3v) is 2.99. The van der Waals surface area contributed by atoms with Crippen LogP contribution in [-0.2, 0) is 12.8 Å². The van der Waals surface area contributed by atoms with E-state index in [1.165, 1.54) is 0 Å². The highest BCUT2D eigenvalue weighted by molar-refractivity contribution is 7.71. The summed E-state index contributed by atoms with van der Waals surface area (Å²) in [6.45, 7) is 2.10. The number of aromatic amines is 1. The van der Waals surface area contributed by atoms with Crippen molar-refractivity contribution in [3.8, 4) is 11.8 Å². The normalized spacial score (nSPS) is 10.1. The zero-order valence-electron chi connectivity index (χ0n) is 9.60. The second kappa shape index (κ2) is 4.98. The number of rotatable bonds is 3. The first-order valence-corrected chi connectivity index (χ1v) is 5.92. The minimum Gasteiger partial charge on any atom is -0.337 e. The Morgan fingerprint density at radius 3 is 2.65 bits per heavy atom. The van der Waals surface area contributed by atoms with Gasteiger partial charge in [0.25, 0.3) is 0 Å². The van der Waals surface area contributed by atoms with E-state index in [0.29, 0.717) is 11.2 Å². The molecule has 0 saturated heterocycles. The van der Waals surface area contributed by atoms with E-state index in [1.54, 1.807) is 0 Å². The number of hydrogen-bond acceptors (Lipinski definition) is 2. The molecule has 0 aliphatic rings. The Labute approximate surface area is 105 Å². The lowest BCUT2D eigenvalue weighted by atomic mass is 10.1. The van der Waals surface area contributed by atoms with Crippen molar-refractivity contribution in [3.63, 3.8) is 0 Å². The van der Waals surface area contributed by atoms with Crippen LogP contribution in [0.15, 0.2) is 30.5 Å². The van der Waals surface area contributed by atoms with E-state index in [0.717, 1.165) is 23.4 Å². The first kappa shape index (κ1) is 11.6. The standard InChI is InChI=1S/C13H13N3S/c1-2-11-9-15-13(17)16(11)12-5-3-10(4-6-12)7-8-14/h3-6,9H,2,7H2,1H3,(H,15,17). The summed E-state index contributed by atoms with van der Waals surface area (Å²) >= 11 is 5.26. The zero-order valence-corrected chi connectivity index (χ0v) is 10.4. The van der Waals surface area contributed by atoms with E-state index < -0.39 is 0 Å². The number of nitrogens with one attached hydrogen (secondary N) is 1. The van der Waals surface area contributed by atoms with Crippen LogP contribution < -0.4 is 0 Å². The molecule has 0 bridgehead atoms. The van der Waals surface area contributed by atoms with Gasteiger partial charge >= 0.3 is 0 Å². The van der Waals surface area contributed by atoms with Crippen LogP contribution in [0.1, 0.15) is 18.2 Å². The van der Waals surface area contributed by atoms with Crippen molar-refractivity contribution >= 4 is 12.2 Å². The Balaban J connectivity index is 2.43. The van der Waals surface area contributed by atoms with Gasteiger partial charge < -0.3 is 4.98 Å². The lowest BCUT2D eigenvalue weighted by Crippen LogP contribution is -1.99. The van der Waals surface area contributed by atoms with Gasteiger partial charge in [-0.25, -0.2) is 0 Å². The Hall–Kier alpha value is -1.86. The van der Waals surface area contributed by atoms with Gasteiger partial charge in [-0.3, -0.25) is 4.57 Å². The van der Waals surface area contributed by atoms with E-state index in [1.807, 2.05) is 35.0 Å². The van der Waals surface area contributed by atoms with Gasteiger partial charge in [0.1, 0.15) is 0 Å². The number of hydrogen-bond donors (Lipinski definition) is 1. The quantitative estimate of drug-likeness (QED) is 0.841. The lowest BCUT2D eigenvalue weighted by Gasteiger charge is -2.07. The van der Waals surface area contributed by atoms with Crippen LogP contribution in [0.5, 0.6) is 0 Å². The fourth-order valence-corrected chi connectivity index (χ4v) is 2.08. The smallest absolute Gasteiger partial charge is 0.182 e. The van der Waals surface area contributed by atoms with Crippen molar-refractivity contribution in [1.82, 2.24) is 9.55 Å². The van der Waals surface area contributed by atoms with E-state index in [-0.39, 0.29) is 0 Å². The second-order valence-electron chi connectivity index (χ2n) is 3.78. The van der Waals surface area contributed by atoms with Crippen LogP contribution in [0, 0.1) is 16.1 Å². The number of nitrogens with zero attached hydrogens (tertiary/aromatic N) is 2. The summed E-state index contributed by atoms with van der Waals surface area (Å²) in [5.41, 5.74) is 3.22. The van der Waals surface area contributed by atoms with Gasteiger partial charge in [-0.2, -0.15) is 5.26 Å². The third kappa shape index (κ3) is 2.29. The molecule has 3 nitrogen and oxygen atoms in total. The van der Waals surface area contributed by atoms with Crippen LogP contribution in [0.2, 0.25) is 0 Å². The molecule has 0 amide bonds. The van der Waals surface area contributed by atoms with Gasteiger partial charge in [0.2, 0.25) is 0 Å². The van der Waals surface area contributed by atoms with Crippen LogP contribution in [0.4, 0.5) is 0 Å². The highest BCUT2D eigenvalue weighted by atomic mass is 32.1. The number of aryl methyl sites for hydroxylation is 1. The molecule has 1 aromatic carbocycles. The summed E-state index contributed by atoms with van der Waals surface area (Å²) < 4.78 is 2.72. The minimum absolute atomic E-state index is 0.444. The SMILES string of the molecule is CCc1c[nH]c(=S)n1-c1ccc(CC#N)cc1. The van der Waals surface area contributed by atoms with E-state index >= 15 is 0 Å². The van der Waals surface area contributed by atoms with Crippen LogP contribution in [0.25, 0.3) is 5.69 Å². The molecular formula is C13H13N3S. The maximum absolute atomic E-state index is 8.62. The predicted molar refractivity (Wildman–Crippen MR) is 69.6 cm³/mol. The van der Waals surface area contributed by atoms with E-state index in [4.69, 9.17) is 17.5 Å². The molecule has 0 unspecified atom stereocenters. The summed E-state index contributed by atoms with van der Waals surface area (Å²) in [5.74, 6) is 0. The Kier molecular flexibility index (Phi) is 3.40. The first-order valence-electron chi connectivity index (χ1n) is 5.52. The molecule has 0 aliphatic heterocycles. The van der Waals surface area contributed by atoms with Gasteiger partial charge in [-0.15, -0.1) is 0 Å². The Morgan fingerprint density at radius 2 is 2.06 bits per heavy atom. The van der Waals surface area contributed by atoms with Gasteiger partial charge in [-0.1, -0.05) is 19.1 Å². The van der Waals surface area contributed by atoms with Crippen molar-refractivity contribution in [3.05, 3.63) is 46.5 Å². The molecule has 2 rings (SSSR count). The molecule has 1 heterocycles. The average molecular weight is 243 g/mol. The summed E-state index contributed by atoms with van der Waals surface area (Å²) in [5, 5.41) is 8.62. The zero-order chi connectivity index (χ0) is 12.3. The topological polar surface area (TPSA) is 44.5 Å². The number of nitriles is 1. The van der Waals surface area contributed by atoms with Crippen molar-refractivity contribution in [2.45, 2.75) is 19.8 Å². The van der Waals surface area contributed by atoms with Crippen LogP contribution in [0.3, 0.4) is 0 Å². The Bertz CT molecular complexity index is 599. The monoisotopic (exact) mass is 243 g/mol. The number of benzene rings is 1. The summed E-state index contributed by atoms with van der Waals surface area (Å²) in [4.78, 5) is 3.05. The maximum atomic E-state index is 8.62. The highest BCUT2D eigenvalue weighted by Gasteiger charge is 2.04. The average Bonchev–Trinajstić information content (AvgIpc) is 2.72. The maximum Gasteiger partial charge on any atom is 0.182 e. The molecule has 0 fully saturated rings. The van der Waals surface area contributed by atoms with Crippen LogP contribution >= 0.6 is 12.2 Å². The summed E-state index contributed by atoms with van der Waals surface area (Å²) in [6, 6.07) is 10.1. The number of imidazole rings is 1. The van der Waals surface area contributed by atoms with Crippen molar-refractivity contribution in [2.75, 3.05) is 0 Å². The second-order valence-corrected chi connectivity index (χ2v) is 4.16. The van der Waals surface area contributed by atoms with Gasteiger partial charge in [0.15, 0.2) is 4.77 Å². The number of aromatic nitrogens is 2. The van der Waals surface area contributed by atoms with Crippen molar-refractivity contribution in [2.24, 2.45) is 0 Å². The summed E-state index contributed by atoms with van der Waals surface area (Å²) in [6.07, 6.45) is 3.30. The fraction of sp³-hybridized carbons (Fsp3) is 0.231. The van der Waals surface area contributed by atoms with Gasteiger partial charge in [0.05, 0.1) is 12.5 Å². The molecule has 1 N–H and O–H groups in total. The molecule has 86 valence electrons. The molecule has 0 spiro atoms. The molecule has 4 heteroatoms. The number of H-pyrrole nitrogens is 1. The molecule has 0 radical (unpaired) electrons. The Morgan fingerprint density at radius 1 is 1.35 bits per heavy atom. The molecule has 17 heavy (non-hydrogen) atoms. The third-order valence-electron chi connectivity index (χ3n) is 2.69. The molecule has 0 atom stereocenters. The largest absolute Gasteiger partial charge is 0.337 e. The highest BCUT2D eigenvalue weighted by Crippen LogP contribution is 2.14. The van der Waals surface area contributed by atoms with Gasteiger partial charge in [-0.05, 0) is 36.3 Å².